The van der Waals surface area contributed by atoms with Crippen LogP contribution in [-0.4, -0.2) is 65.0 Å². The number of urea groups is 1. The number of Topliss-reactive ketones (excluding diaryl/α,β-unsaturated/α-hetero) is 2. The van der Waals surface area contributed by atoms with Crippen LogP contribution in [0.25, 0.3) is 0 Å². The second kappa shape index (κ2) is 25.1. The Bertz CT molecular complexity index is 2680. The van der Waals surface area contributed by atoms with Gasteiger partial charge in [-0.25, -0.2) is 14.4 Å². The van der Waals surface area contributed by atoms with Crippen molar-refractivity contribution in [1.29, 1.82) is 0 Å². The van der Waals surface area contributed by atoms with E-state index in [1.807, 2.05) is 20.8 Å². The van der Waals surface area contributed by atoms with Crippen molar-refractivity contribution in [2.75, 3.05) is 46.0 Å². The predicted octanol–water partition coefficient (Wildman–Crippen LogP) is 12.2. The third-order valence-corrected chi connectivity index (χ3v) is 9.27. The molecule has 0 atom stereocenters. The summed E-state index contributed by atoms with van der Waals surface area (Å²) in [6.07, 6.45) is 3.05. The molecule has 0 aliphatic rings. The first-order valence-corrected chi connectivity index (χ1v) is 22.3. The summed E-state index contributed by atoms with van der Waals surface area (Å²) in [6.45, 7) is 14.5. The topological polar surface area (TPSA) is 231 Å². The van der Waals surface area contributed by atoms with Gasteiger partial charge in [-0.15, -0.1) is 0 Å². The zero-order chi connectivity index (χ0) is 51.6. The first-order chi connectivity index (χ1) is 33.0. The Morgan fingerprint density at radius 3 is 1.19 bits per heavy atom. The zero-order valence-corrected chi connectivity index (χ0v) is 41.2. The lowest BCUT2D eigenvalue weighted by atomic mass is 10.2. The minimum Gasteiger partial charge on any atom is -0.457 e. The molecule has 70 heavy (non-hydrogen) atoms. The van der Waals surface area contributed by atoms with Crippen LogP contribution in [0.5, 0.6) is 23.0 Å². The molecule has 0 unspecified atom stereocenters. The fraction of sp³-hybridized carbons (Fsp3) is 0.264. The van der Waals surface area contributed by atoms with Crippen LogP contribution < -0.4 is 41.4 Å². The molecule has 6 N–H and O–H groups in total. The molecule has 0 saturated carbocycles. The second-order valence-electron chi connectivity index (χ2n) is 17.4. The van der Waals surface area contributed by atoms with Gasteiger partial charge in [0.15, 0.2) is 11.6 Å². The summed E-state index contributed by atoms with van der Waals surface area (Å²) >= 11 is 0. The zero-order valence-electron chi connectivity index (χ0n) is 41.2. The number of hydrogen-bond acceptors (Lipinski definition) is 13. The first-order valence-electron chi connectivity index (χ1n) is 22.3. The number of pyridine rings is 2. The standard InChI is InChI=1S/C27H30N4O5.C14H14N2O2.C12H18N2O2/c1-6-24(32)23-17-22(15-16-28-23)35-21-13-9-19(10-14-21)30-25(33)29-18-7-11-20(12-8-18)31(5)26(34)36-27(2,3)4;1-2-14(17)13-9-12(7-8-16-13)18-11-5-3-10(15)4-6-11;1-12(2,3)16-11(15)14(4)10-7-5-9(13)6-8-10/h7-17H,6H2,1-5H3,(H2,29,30,33);3-9H,2,15H2,1H3;5-8H,13H2,1-4H3. The smallest absolute Gasteiger partial charge is 0.414 e. The highest BCUT2D eigenvalue weighted by Crippen LogP contribution is 2.26. The van der Waals surface area contributed by atoms with Crippen molar-refractivity contribution in [3.8, 4) is 23.0 Å². The predicted molar refractivity (Wildman–Crippen MR) is 274 cm³/mol. The first kappa shape index (κ1) is 54.1. The Morgan fingerprint density at radius 2 is 0.829 bits per heavy atom. The van der Waals surface area contributed by atoms with E-state index in [-0.39, 0.29) is 17.7 Å². The number of hydrogen-bond donors (Lipinski definition) is 4. The lowest BCUT2D eigenvalue weighted by molar-refractivity contribution is 0.0578. The number of carbonyl (C=O) groups excluding carboxylic acids is 5. The van der Waals surface area contributed by atoms with Crippen LogP contribution >= 0.6 is 0 Å². The molecule has 6 aromatic rings. The summed E-state index contributed by atoms with van der Waals surface area (Å²) in [6, 6.07) is 33.9. The fourth-order valence-electron chi connectivity index (χ4n) is 5.66. The van der Waals surface area contributed by atoms with E-state index in [2.05, 4.69) is 20.6 Å². The normalized spacial score (nSPS) is 10.7. The molecule has 0 radical (unpaired) electrons. The Labute approximate surface area is 409 Å². The average Bonchev–Trinajstić information content (AvgIpc) is 3.32. The van der Waals surface area contributed by atoms with E-state index < -0.39 is 23.3 Å². The van der Waals surface area contributed by atoms with E-state index in [4.69, 9.17) is 30.4 Å². The number of rotatable bonds is 12. The molecular formula is C53H62N8O9. The molecule has 4 aromatic carbocycles. The van der Waals surface area contributed by atoms with Crippen molar-refractivity contribution >= 4 is 63.9 Å². The number of carbonyl (C=O) groups is 5. The van der Waals surface area contributed by atoms with Gasteiger partial charge < -0.3 is 41.0 Å². The quantitative estimate of drug-likeness (QED) is 0.0661. The van der Waals surface area contributed by atoms with Gasteiger partial charge in [-0.1, -0.05) is 13.8 Å². The molecular weight excluding hydrogens is 893 g/mol. The van der Waals surface area contributed by atoms with E-state index in [0.29, 0.717) is 75.7 Å². The monoisotopic (exact) mass is 954 g/mol. The minimum absolute atomic E-state index is 0.00208. The van der Waals surface area contributed by atoms with Gasteiger partial charge in [-0.2, -0.15) is 0 Å². The van der Waals surface area contributed by atoms with Crippen LogP contribution in [0.1, 0.15) is 89.2 Å². The third kappa shape index (κ3) is 18.3. The number of amides is 4. The van der Waals surface area contributed by atoms with Crippen LogP contribution in [0.3, 0.4) is 0 Å². The Morgan fingerprint density at radius 1 is 0.500 bits per heavy atom. The van der Waals surface area contributed by atoms with Crippen molar-refractivity contribution in [3.05, 3.63) is 145 Å². The number of nitrogens with one attached hydrogen (secondary N) is 2. The summed E-state index contributed by atoms with van der Waals surface area (Å²) in [5, 5.41) is 5.50. The maximum Gasteiger partial charge on any atom is 0.414 e. The molecule has 0 bridgehead atoms. The summed E-state index contributed by atoms with van der Waals surface area (Å²) in [7, 11) is 3.29. The van der Waals surface area contributed by atoms with Gasteiger partial charge in [0.05, 0.1) is 0 Å². The SMILES string of the molecule is CCC(=O)c1cc(Oc2ccc(N)cc2)ccn1.CCC(=O)c1cc(Oc2ccc(NC(=O)Nc3ccc(N(C)C(=O)OC(C)(C)C)cc3)cc2)ccn1.CN(C(=O)OC(C)(C)C)c1ccc(N)cc1. The number of nitrogens with two attached hydrogens (primary N) is 2. The molecule has 0 spiro atoms. The van der Waals surface area contributed by atoms with Crippen molar-refractivity contribution in [2.45, 2.75) is 79.4 Å². The minimum atomic E-state index is -0.590. The van der Waals surface area contributed by atoms with Gasteiger partial charge in [-0.05, 0) is 151 Å². The number of ether oxygens (including phenoxy) is 4. The Hall–Kier alpha value is -8.47. The van der Waals surface area contributed by atoms with Crippen LogP contribution in [0, 0.1) is 0 Å². The second-order valence-corrected chi connectivity index (χ2v) is 17.4. The van der Waals surface area contributed by atoms with Gasteiger partial charge in [0.2, 0.25) is 0 Å². The molecule has 2 aromatic heterocycles. The van der Waals surface area contributed by atoms with E-state index in [0.717, 1.165) is 5.69 Å². The maximum absolute atomic E-state index is 12.4. The van der Waals surface area contributed by atoms with Gasteiger partial charge in [-0.3, -0.25) is 29.4 Å². The highest BCUT2D eigenvalue weighted by atomic mass is 16.6. The van der Waals surface area contributed by atoms with E-state index in [1.165, 1.54) is 16.0 Å². The number of nitrogens with zero attached hydrogens (tertiary/aromatic N) is 4. The molecule has 4 amide bonds. The Kier molecular flexibility index (Phi) is 19.4. The maximum atomic E-state index is 12.4. The van der Waals surface area contributed by atoms with E-state index >= 15 is 0 Å². The molecule has 0 aliphatic carbocycles. The summed E-state index contributed by atoms with van der Waals surface area (Å²) in [5.41, 5.74) is 14.7. The molecule has 0 aliphatic heterocycles. The lowest BCUT2D eigenvalue weighted by Crippen LogP contribution is -2.34. The number of aromatic nitrogens is 2. The third-order valence-electron chi connectivity index (χ3n) is 9.27. The number of nitrogen functional groups attached to an aromatic ring is 2. The molecule has 17 nitrogen and oxygen atoms in total. The highest BCUT2D eigenvalue weighted by molar-refractivity contribution is 6.00. The van der Waals surface area contributed by atoms with E-state index in [9.17, 15) is 24.0 Å². The average molecular weight is 955 g/mol. The summed E-state index contributed by atoms with van der Waals surface area (Å²) < 4.78 is 22.0. The van der Waals surface area contributed by atoms with Gasteiger partial charge >= 0.3 is 18.2 Å². The summed E-state index contributed by atoms with van der Waals surface area (Å²) in [4.78, 5) is 70.6. The number of anilines is 6. The molecule has 0 saturated heterocycles. The van der Waals surface area contributed by atoms with Crippen molar-refractivity contribution in [3.63, 3.8) is 0 Å². The number of benzene rings is 4. The molecule has 368 valence electrons. The Balaban J connectivity index is 0.000000260. The number of ketones is 2. The fourth-order valence-corrected chi connectivity index (χ4v) is 5.66. The van der Waals surface area contributed by atoms with Crippen LogP contribution in [-0.2, 0) is 9.47 Å². The highest BCUT2D eigenvalue weighted by Gasteiger charge is 2.22. The molecule has 17 heteroatoms. The van der Waals surface area contributed by atoms with E-state index in [1.54, 1.807) is 176 Å². The van der Waals surface area contributed by atoms with Crippen molar-refractivity contribution in [1.82, 2.24) is 9.97 Å². The van der Waals surface area contributed by atoms with Gasteiger partial charge in [0, 0.05) is 85.6 Å². The van der Waals surface area contributed by atoms with Crippen LogP contribution in [0.4, 0.5) is 48.5 Å². The largest absolute Gasteiger partial charge is 0.457 e. The molecule has 2 heterocycles. The van der Waals surface area contributed by atoms with Crippen LogP contribution in [0.15, 0.2) is 134 Å². The summed E-state index contributed by atoms with van der Waals surface area (Å²) in [5.74, 6) is 2.25. The van der Waals surface area contributed by atoms with Crippen LogP contribution in [0.2, 0.25) is 0 Å². The lowest BCUT2D eigenvalue weighted by Gasteiger charge is -2.24. The van der Waals surface area contributed by atoms with Crippen molar-refractivity contribution < 1.29 is 42.9 Å². The van der Waals surface area contributed by atoms with Gasteiger partial charge in [0.25, 0.3) is 0 Å². The molecule has 0 fully saturated rings. The van der Waals surface area contributed by atoms with Crippen molar-refractivity contribution in [2.24, 2.45) is 0 Å². The molecule has 6 rings (SSSR count). The van der Waals surface area contributed by atoms with Gasteiger partial charge in [0.1, 0.15) is 45.6 Å².